The van der Waals surface area contributed by atoms with Crippen molar-refractivity contribution in [3.63, 3.8) is 0 Å². The minimum Gasteiger partial charge on any atom is -0.395 e. The van der Waals surface area contributed by atoms with Crippen molar-refractivity contribution in [3.05, 3.63) is 0 Å². The fourth-order valence-corrected chi connectivity index (χ4v) is 0.822. The Bertz CT molecular complexity index is 110. The highest BCUT2D eigenvalue weighted by Gasteiger charge is 2.30. The molecule has 0 amide bonds. The van der Waals surface area contributed by atoms with Gasteiger partial charge in [-0.05, 0) is 0 Å². The maximum Gasteiger partial charge on any atom is 0.107 e. The normalized spacial score (nSPS) is 41.7. The molecule has 0 spiro atoms. The zero-order chi connectivity index (χ0) is 7.56. The van der Waals surface area contributed by atoms with Gasteiger partial charge < -0.3 is 15.3 Å². The first-order chi connectivity index (χ1) is 4.75. The predicted molar refractivity (Wildman–Crippen MR) is 32.0 cm³/mol. The lowest BCUT2D eigenvalue weighted by atomic mass is 10.1. The number of nitrogens with one attached hydrogen (secondary N) is 1. The smallest absolute Gasteiger partial charge is 0.107 e. The summed E-state index contributed by atoms with van der Waals surface area (Å²) in [6, 6.07) is -0.580. The molecule has 1 saturated heterocycles. The molecule has 0 bridgehead atoms. The molecule has 0 aliphatic carbocycles. The second-order valence-electron chi connectivity index (χ2n) is 2.28. The third-order valence-electron chi connectivity index (χ3n) is 1.49. The summed E-state index contributed by atoms with van der Waals surface area (Å²) in [6.07, 6.45) is -1.85. The molecule has 5 nitrogen and oxygen atoms in total. The van der Waals surface area contributed by atoms with Crippen LogP contribution >= 0.6 is 0 Å². The van der Waals surface area contributed by atoms with E-state index in [2.05, 4.69) is 10.3 Å². The molecule has 1 aliphatic heterocycles. The molecule has 0 saturated carbocycles. The zero-order valence-electron chi connectivity index (χ0n) is 5.40. The minimum absolute atomic E-state index is 0.0532. The Morgan fingerprint density at radius 1 is 1.50 bits per heavy atom. The van der Waals surface area contributed by atoms with Gasteiger partial charge in [-0.1, -0.05) is 0 Å². The molecule has 1 aliphatic rings. The first-order valence-electron chi connectivity index (χ1n) is 3.10. The Morgan fingerprint density at radius 3 is 2.70 bits per heavy atom. The van der Waals surface area contributed by atoms with Crippen LogP contribution in [0.25, 0.3) is 0 Å². The van der Waals surface area contributed by atoms with E-state index >= 15 is 0 Å². The molecule has 10 heavy (non-hydrogen) atoms. The molecule has 0 aromatic rings. The second kappa shape index (κ2) is 3.27. The quantitative estimate of drug-likeness (QED) is 0.334. The van der Waals surface area contributed by atoms with Crippen molar-refractivity contribution in [2.75, 3.05) is 13.2 Å². The lowest BCUT2D eigenvalue weighted by molar-refractivity contribution is -0.154. The van der Waals surface area contributed by atoms with Gasteiger partial charge in [0.25, 0.3) is 0 Å². The number of rotatable bonds is 1. The topological polar surface area (TPSA) is 82.0 Å². The van der Waals surface area contributed by atoms with Crippen LogP contribution in [-0.2, 0) is 4.84 Å². The molecule has 4 N–H and O–H groups in total. The van der Waals surface area contributed by atoms with E-state index in [-0.39, 0.29) is 13.2 Å². The van der Waals surface area contributed by atoms with Gasteiger partial charge in [0.2, 0.25) is 0 Å². The Morgan fingerprint density at radius 2 is 2.20 bits per heavy atom. The van der Waals surface area contributed by atoms with Gasteiger partial charge >= 0.3 is 0 Å². The van der Waals surface area contributed by atoms with Crippen LogP contribution in [0.2, 0.25) is 0 Å². The van der Waals surface area contributed by atoms with E-state index in [1.54, 1.807) is 0 Å². The molecular formula is C5H11NO4. The van der Waals surface area contributed by atoms with E-state index in [0.29, 0.717) is 0 Å². The largest absolute Gasteiger partial charge is 0.395 e. The third kappa shape index (κ3) is 1.44. The number of aliphatic hydroxyl groups is 3. The first-order valence-corrected chi connectivity index (χ1v) is 3.10. The van der Waals surface area contributed by atoms with Crippen LogP contribution in [0.3, 0.4) is 0 Å². The summed E-state index contributed by atoms with van der Waals surface area (Å²) in [5, 5.41) is 26.6. The lowest BCUT2D eigenvalue weighted by Gasteiger charge is -2.30. The van der Waals surface area contributed by atoms with Gasteiger partial charge in [0.1, 0.15) is 12.2 Å². The number of aliphatic hydroxyl groups excluding tert-OH is 3. The van der Waals surface area contributed by atoms with E-state index in [1.807, 2.05) is 0 Å². The van der Waals surface area contributed by atoms with Gasteiger partial charge in [-0.2, -0.15) is 5.48 Å². The number of hydrogen-bond donors (Lipinski definition) is 4. The van der Waals surface area contributed by atoms with Gasteiger partial charge in [0, 0.05) is 0 Å². The molecule has 1 heterocycles. The fraction of sp³-hybridized carbons (Fsp3) is 1.00. The molecule has 1 rings (SSSR count). The lowest BCUT2D eigenvalue weighted by Crippen LogP contribution is -2.55. The average Bonchev–Trinajstić information content (AvgIpc) is 1.95. The monoisotopic (exact) mass is 149 g/mol. The maximum atomic E-state index is 9.08. The Hall–Kier alpha value is -0.200. The summed E-state index contributed by atoms with van der Waals surface area (Å²) in [5.41, 5.74) is 2.39. The highest BCUT2D eigenvalue weighted by Crippen LogP contribution is 2.05. The Balaban J connectivity index is 2.42. The second-order valence-corrected chi connectivity index (χ2v) is 2.28. The van der Waals surface area contributed by atoms with Crippen LogP contribution in [0.1, 0.15) is 0 Å². The number of hydroxylamine groups is 1. The summed E-state index contributed by atoms with van der Waals surface area (Å²) in [7, 11) is 0. The molecule has 0 radical (unpaired) electrons. The van der Waals surface area contributed by atoms with Gasteiger partial charge in [-0.15, -0.1) is 0 Å². The molecule has 0 aromatic heterocycles. The summed E-state index contributed by atoms with van der Waals surface area (Å²) < 4.78 is 0. The van der Waals surface area contributed by atoms with Crippen molar-refractivity contribution in [1.29, 1.82) is 0 Å². The highest BCUT2D eigenvalue weighted by molar-refractivity contribution is 4.81. The fourth-order valence-electron chi connectivity index (χ4n) is 0.822. The summed E-state index contributed by atoms with van der Waals surface area (Å²) in [6.45, 7) is -0.199. The van der Waals surface area contributed by atoms with Gasteiger partial charge in [-0.3, -0.25) is 4.84 Å². The van der Waals surface area contributed by atoms with Gasteiger partial charge in [0.15, 0.2) is 0 Å². The summed E-state index contributed by atoms with van der Waals surface area (Å²) >= 11 is 0. The van der Waals surface area contributed by atoms with E-state index in [9.17, 15) is 0 Å². The van der Waals surface area contributed by atoms with Crippen molar-refractivity contribution >= 4 is 0 Å². The first kappa shape index (κ1) is 7.90. The van der Waals surface area contributed by atoms with E-state index in [0.717, 1.165) is 0 Å². The Labute approximate surface area is 58.2 Å². The summed E-state index contributed by atoms with van der Waals surface area (Å²) in [5.74, 6) is 0. The van der Waals surface area contributed by atoms with Crippen molar-refractivity contribution in [3.8, 4) is 0 Å². The molecule has 0 unspecified atom stereocenters. The average molecular weight is 149 g/mol. The molecule has 3 atom stereocenters. The van der Waals surface area contributed by atoms with Gasteiger partial charge in [0.05, 0.1) is 19.3 Å². The van der Waals surface area contributed by atoms with Crippen molar-refractivity contribution in [1.82, 2.24) is 5.48 Å². The molecule has 1 fully saturated rings. The van der Waals surface area contributed by atoms with Crippen LogP contribution in [0.5, 0.6) is 0 Å². The maximum absolute atomic E-state index is 9.08. The predicted octanol–water partition coefficient (Wildman–Crippen LogP) is -2.40. The third-order valence-corrected chi connectivity index (χ3v) is 1.49. The molecule has 0 aromatic carbocycles. The van der Waals surface area contributed by atoms with Crippen LogP contribution in [0.15, 0.2) is 0 Å². The van der Waals surface area contributed by atoms with E-state index in [1.165, 1.54) is 0 Å². The highest BCUT2D eigenvalue weighted by atomic mass is 16.7. The van der Waals surface area contributed by atoms with Crippen LogP contribution < -0.4 is 5.48 Å². The van der Waals surface area contributed by atoms with E-state index in [4.69, 9.17) is 15.3 Å². The van der Waals surface area contributed by atoms with Crippen LogP contribution in [0.4, 0.5) is 0 Å². The summed E-state index contributed by atoms with van der Waals surface area (Å²) in [4.78, 5) is 4.64. The number of hydrogen-bond acceptors (Lipinski definition) is 5. The standard InChI is InChI=1S/C5H11NO4/c7-1-3-5(9)4(8)2-10-6-3/h3-9H,1-2H2/t3-,4+,5-/m1/s1. The van der Waals surface area contributed by atoms with Crippen LogP contribution in [0, 0.1) is 0 Å². The minimum atomic E-state index is -0.946. The van der Waals surface area contributed by atoms with Gasteiger partial charge in [-0.25, -0.2) is 0 Å². The van der Waals surface area contributed by atoms with Crippen LogP contribution in [-0.4, -0.2) is 46.8 Å². The van der Waals surface area contributed by atoms with Crippen molar-refractivity contribution < 1.29 is 20.2 Å². The molecular weight excluding hydrogens is 138 g/mol. The molecule has 5 heteroatoms. The zero-order valence-corrected chi connectivity index (χ0v) is 5.40. The van der Waals surface area contributed by atoms with Crippen molar-refractivity contribution in [2.45, 2.75) is 18.2 Å². The SMILES string of the molecule is OC[C@H]1NOC[C@H](O)[C@@H]1O. The van der Waals surface area contributed by atoms with Crippen molar-refractivity contribution in [2.24, 2.45) is 0 Å². The Kier molecular flexibility index (Phi) is 2.58. The molecule has 60 valence electrons. The van der Waals surface area contributed by atoms with E-state index < -0.39 is 18.2 Å².